The zero-order valence-electron chi connectivity index (χ0n) is 11.9. The zero-order valence-corrected chi connectivity index (χ0v) is 12.9. The summed E-state index contributed by atoms with van der Waals surface area (Å²) in [7, 11) is -1.36. The van der Waals surface area contributed by atoms with Crippen molar-refractivity contribution >= 4 is 8.32 Å². The minimum absolute atomic E-state index is 0.610. The van der Waals surface area contributed by atoms with Gasteiger partial charge in [0.1, 0.15) is 0 Å². The lowest BCUT2D eigenvalue weighted by Crippen LogP contribution is -2.34. The normalized spacial score (nSPS) is 34.2. The van der Waals surface area contributed by atoms with Crippen LogP contribution in [0.5, 0.6) is 0 Å². The molecule has 1 saturated carbocycles. The van der Waals surface area contributed by atoms with Crippen LogP contribution in [0.4, 0.5) is 0 Å². The number of hydrogen-bond acceptors (Lipinski definition) is 2. The third-order valence-corrected chi connectivity index (χ3v) is 7.43. The van der Waals surface area contributed by atoms with Gasteiger partial charge in [-0.15, -0.1) is 0 Å². The van der Waals surface area contributed by atoms with Crippen molar-refractivity contribution in [2.24, 2.45) is 11.8 Å². The highest BCUT2D eigenvalue weighted by atomic mass is 28.4. The Hall–Kier alpha value is 0.137. The van der Waals surface area contributed by atoms with Gasteiger partial charge in [-0.1, -0.05) is 20.3 Å². The third kappa shape index (κ3) is 3.55. The maximum Gasteiger partial charge on any atom is 0.186 e. The van der Waals surface area contributed by atoms with Crippen molar-refractivity contribution in [2.45, 2.75) is 70.9 Å². The van der Waals surface area contributed by atoms with Crippen molar-refractivity contribution in [3.05, 3.63) is 0 Å². The van der Waals surface area contributed by atoms with Crippen LogP contribution in [0.3, 0.4) is 0 Å². The number of rotatable bonds is 6. The topological polar surface area (TPSA) is 21.8 Å². The van der Waals surface area contributed by atoms with E-state index in [0.717, 1.165) is 18.4 Å². The highest BCUT2D eigenvalue weighted by molar-refractivity contribution is 6.71. The van der Waals surface area contributed by atoms with Gasteiger partial charge in [-0.05, 0) is 50.2 Å². The van der Waals surface area contributed by atoms with Gasteiger partial charge < -0.3 is 9.16 Å². The van der Waals surface area contributed by atoms with Gasteiger partial charge in [-0.2, -0.15) is 0 Å². The van der Waals surface area contributed by atoms with E-state index in [2.05, 4.69) is 26.9 Å². The fourth-order valence-corrected chi connectivity index (χ4v) is 3.75. The summed E-state index contributed by atoms with van der Waals surface area (Å²) in [5.74, 6) is 1.61. The minimum Gasteiger partial charge on any atom is -0.417 e. The third-order valence-electron chi connectivity index (χ3n) is 4.78. The molecule has 1 aliphatic heterocycles. The smallest absolute Gasteiger partial charge is 0.186 e. The van der Waals surface area contributed by atoms with Crippen molar-refractivity contribution in [1.82, 2.24) is 0 Å². The van der Waals surface area contributed by atoms with Crippen LogP contribution in [0.1, 0.15) is 39.5 Å². The van der Waals surface area contributed by atoms with E-state index >= 15 is 0 Å². The molecule has 1 aliphatic carbocycles. The van der Waals surface area contributed by atoms with Gasteiger partial charge in [0.15, 0.2) is 8.32 Å². The van der Waals surface area contributed by atoms with Crippen LogP contribution in [0.2, 0.25) is 19.1 Å². The maximum atomic E-state index is 6.23. The quantitative estimate of drug-likeness (QED) is 0.532. The molecule has 4 atom stereocenters. The van der Waals surface area contributed by atoms with Crippen molar-refractivity contribution in [3.8, 4) is 0 Å². The molecule has 2 fully saturated rings. The summed E-state index contributed by atoms with van der Waals surface area (Å²) in [6.45, 7) is 10.2. The Morgan fingerprint density at radius 1 is 1.24 bits per heavy atom. The molecule has 0 aromatic rings. The lowest BCUT2D eigenvalue weighted by atomic mass is 9.79. The first-order chi connectivity index (χ1) is 8.05. The highest BCUT2D eigenvalue weighted by Gasteiger charge is 2.45. The van der Waals surface area contributed by atoms with Crippen LogP contribution in [0.15, 0.2) is 0 Å². The van der Waals surface area contributed by atoms with Gasteiger partial charge in [0, 0.05) is 6.61 Å². The van der Waals surface area contributed by atoms with Crippen LogP contribution in [0.25, 0.3) is 0 Å². The molecule has 3 heteroatoms. The Labute approximate surface area is 107 Å². The average Bonchev–Trinajstić information content (AvgIpc) is 3.08. The van der Waals surface area contributed by atoms with Crippen molar-refractivity contribution in [2.75, 3.05) is 6.61 Å². The molecule has 0 aromatic heterocycles. The predicted molar refractivity (Wildman–Crippen MR) is 73.7 cm³/mol. The summed E-state index contributed by atoms with van der Waals surface area (Å²) < 4.78 is 11.9. The van der Waals surface area contributed by atoms with E-state index in [1.54, 1.807) is 0 Å². The molecule has 1 saturated heterocycles. The van der Waals surface area contributed by atoms with Crippen LogP contribution in [-0.4, -0.2) is 27.1 Å². The van der Waals surface area contributed by atoms with E-state index < -0.39 is 8.32 Å². The molecule has 100 valence electrons. The lowest BCUT2D eigenvalue weighted by Gasteiger charge is -2.31. The molecule has 0 amide bonds. The number of epoxide rings is 1. The van der Waals surface area contributed by atoms with Crippen molar-refractivity contribution in [3.63, 3.8) is 0 Å². The van der Waals surface area contributed by atoms with E-state index in [1.165, 1.54) is 31.7 Å². The Kier molecular flexibility index (Phi) is 4.32. The fourth-order valence-electron chi connectivity index (χ4n) is 2.89. The molecule has 1 heterocycles. The van der Waals surface area contributed by atoms with E-state index in [4.69, 9.17) is 9.16 Å². The molecule has 4 unspecified atom stereocenters. The molecule has 0 radical (unpaired) electrons. The van der Waals surface area contributed by atoms with Gasteiger partial charge in [0.05, 0.1) is 12.2 Å². The number of fused-ring (bicyclic) bond motifs is 1. The molecule has 2 nitrogen and oxygen atoms in total. The molecule has 17 heavy (non-hydrogen) atoms. The average molecular weight is 256 g/mol. The molecule has 0 spiro atoms. The lowest BCUT2D eigenvalue weighted by molar-refractivity contribution is 0.159. The summed E-state index contributed by atoms with van der Waals surface area (Å²) in [5, 5.41) is 0. The fraction of sp³-hybridized carbons (Fsp3) is 1.00. The summed E-state index contributed by atoms with van der Waals surface area (Å²) in [5.41, 5.74) is 0. The van der Waals surface area contributed by atoms with Crippen molar-refractivity contribution in [1.29, 1.82) is 0 Å². The molecule has 0 aromatic carbocycles. The van der Waals surface area contributed by atoms with E-state index in [-0.39, 0.29) is 0 Å². The predicted octanol–water partition coefficient (Wildman–Crippen LogP) is 3.82. The summed E-state index contributed by atoms with van der Waals surface area (Å²) in [4.78, 5) is 0. The van der Waals surface area contributed by atoms with E-state index in [9.17, 15) is 0 Å². The van der Waals surface area contributed by atoms with Gasteiger partial charge >= 0.3 is 0 Å². The van der Waals surface area contributed by atoms with Crippen LogP contribution in [0, 0.1) is 11.8 Å². The van der Waals surface area contributed by atoms with Crippen LogP contribution in [-0.2, 0) is 9.16 Å². The first-order valence-corrected chi connectivity index (χ1v) is 10.5. The van der Waals surface area contributed by atoms with E-state index in [1.807, 2.05) is 0 Å². The van der Waals surface area contributed by atoms with Gasteiger partial charge in [-0.25, -0.2) is 0 Å². The van der Waals surface area contributed by atoms with Crippen LogP contribution >= 0.6 is 0 Å². The molecule has 0 N–H and O–H groups in total. The van der Waals surface area contributed by atoms with E-state index in [0.29, 0.717) is 12.2 Å². The molecular weight excluding hydrogens is 228 g/mol. The van der Waals surface area contributed by atoms with Gasteiger partial charge in [0.25, 0.3) is 0 Å². The maximum absolute atomic E-state index is 6.23. The second kappa shape index (κ2) is 5.41. The molecule has 0 bridgehead atoms. The minimum atomic E-state index is -1.36. The zero-order chi connectivity index (χ0) is 12.5. The second-order valence-electron chi connectivity index (χ2n) is 6.38. The van der Waals surface area contributed by atoms with Gasteiger partial charge in [-0.3, -0.25) is 0 Å². The second-order valence-corrected chi connectivity index (χ2v) is 10.9. The van der Waals surface area contributed by atoms with Crippen molar-refractivity contribution < 1.29 is 9.16 Å². The van der Waals surface area contributed by atoms with Gasteiger partial charge in [0.2, 0.25) is 0 Å². The standard InChI is InChI=1S/C14H28O2Si/c1-5-11(10-15-17(3,4)6-2)12-7-8-13-14(9-12)16-13/h11-14H,5-10H2,1-4H3. The Morgan fingerprint density at radius 2 is 2.00 bits per heavy atom. The first kappa shape index (κ1) is 13.6. The number of hydrogen-bond donors (Lipinski definition) is 0. The largest absolute Gasteiger partial charge is 0.417 e. The summed E-state index contributed by atoms with van der Waals surface area (Å²) in [6.07, 6.45) is 6.44. The molecular formula is C14H28O2Si. The molecule has 2 aliphatic rings. The highest BCUT2D eigenvalue weighted by Crippen LogP contribution is 2.43. The summed E-state index contributed by atoms with van der Waals surface area (Å²) in [6, 6.07) is 1.22. The summed E-state index contributed by atoms with van der Waals surface area (Å²) >= 11 is 0. The Bertz CT molecular complexity index is 255. The Morgan fingerprint density at radius 3 is 2.59 bits per heavy atom. The first-order valence-electron chi connectivity index (χ1n) is 7.35. The SMILES string of the molecule is CCC(CO[Si](C)(C)CC)C1CCC2OC2C1. The van der Waals surface area contributed by atoms with Crippen LogP contribution < -0.4 is 0 Å². The Balaban J connectivity index is 1.79. The molecule has 2 rings (SSSR count). The number of ether oxygens (including phenoxy) is 1. The monoisotopic (exact) mass is 256 g/mol.